The molecular formula is C32H45N5O5. The lowest BCUT2D eigenvalue weighted by Gasteiger charge is -2.39. The first-order valence-electron chi connectivity index (χ1n) is 15.5. The minimum atomic E-state index is -0.964. The van der Waals surface area contributed by atoms with E-state index in [1.807, 2.05) is 51.2 Å². The Labute approximate surface area is 247 Å². The molecule has 1 aromatic carbocycles. The molecule has 4 N–H and O–H groups in total. The first-order chi connectivity index (χ1) is 20.2. The smallest absolute Gasteiger partial charge is 0.246 e. The third kappa shape index (κ3) is 7.38. The number of nitrogens with one attached hydrogen (secondary N) is 4. The molecule has 2 fully saturated rings. The van der Waals surface area contributed by atoms with Gasteiger partial charge in [0.15, 0.2) is 0 Å². The first-order valence-corrected chi connectivity index (χ1v) is 15.5. The molecule has 5 atom stereocenters. The van der Waals surface area contributed by atoms with Gasteiger partial charge in [0.1, 0.15) is 30.0 Å². The number of carbonyl (C=O) groups excluding carboxylic acids is 5. The number of aromatic amines is 1. The van der Waals surface area contributed by atoms with Crippen molar-refractivity contribution in [3.05, 3.63) is 36.0 Å². The highest BCUT2D eigenvalue weighted by Gasteiger charge is 2.40. The van der Waals surface area contributed by atoms with Crippen LogP contribution < -0.4 is 16.0 Å². The zero-order chi connectivity index (χ0) is 30.2. The zero-order valence-corrected chi connectivity index (χ0v) is 25.0. The second-order valence-corrected chi connectivity index (χ2v) is 11.7. The Morgan fingerprint density at radius 2 is 1.69 bits per heavy atom. The molecule has 0 saturated carbocycles. The van der Waals surface area contributed by atoms with E-state index in [1.54, 1.807) is 4.90 Å². The van der Waals surface area contributed by atoms with Crippen LogP contribution in [0.1, 0.15) is 84.1 Å². The van der Waals surface area contributed by atoms with Gasteiger partial charge in [-0.2, -0.15) is 0 Å². The minimum absolute atomic E-state index is 0.157. The van der Waals surface area contributed by atoms with Crippen LogP contribution in [0.5, 0.6) is 0 Å². The summed E-state index contributed by atoms with van der Waals surface area (Å²) in [6, 6.07) is 4.37. The average Bonchev–Trinajstić information content (AvgIpc) is 3.42. The van der Waals surface area contributed by atoms with Gasteiger partial charge in [0, 0.05) is 42.9 Å². The Morgan fingerprint density at radius 1 is 0.952 bits per heavy atom. The summed E-state index contributed by atoms with van der Waals surface area (Å²) in [6.45, 7) is 6.13. The maximum atomic E-state index is 13.9. The molecule has 0 radical (unpaired) electrons. The van der Waals surface area contributed by atoms with Crippen molar-refractivity contribution in [1.29, 1.82) is 0 Å². The van der Waals surface area contributed by atoms with Crippen molar-refractivity contribution >= 4 is 40.3 Å². The van der Waals surface area contributed by atoms with Crippen molar-refractivity contribution in [2.75, 3.05) is 6.54 Å². The minimum Gasteiger partial charge on any atom is -0.361 e. The summed E-state index contributed by atoms with van der Waals surface area (Å²) in [6.07, 6.45) is 7.15. The van der Waals surface area contributed by atoms with Crippen LogP contribution in [0.25, 0.3) is 10.9 Å². The van der Waals surface area contributed by atoms with Crippen LogP contribution in [0.4, 0.5) is 0 Å². The van der Waals surface area contributed by atoms with Gasteiger partial charge < -0.3 is 25.8 Å². The number of Topliss-reactive ketones (excluding diaryl/α,β-unsaturated/α-hetero) is 1. The third-order valence-corrected chi connectivity index (χ3v) is 8.82. The summed E-state index contributed by atoms with van der Waals surface area (Å²) in [5.41, 5.74) is 1.78. The molecule has 10 nitrogen and oxygen atoms in total. The van der Waals surface area contributed by atoms with E-state index < -0.39 is 36.0 Å². The number of para-hydroxylation sites is 1. The molecule has 4 rings (SSSR count). The predicted molar refractivity (Wildman–Crippen MR) is 160 cm³/mol. The number of piperidine rings is 1. The van der Waals surface area contributed by atoms with Crippen LogP contribution in [-0.2, 0) is 30.4 Å². The number of amides is 4. The highest BCUT2D eigenvalue weighted by molar-refractivity contribution is 5.98. The standard InChI is InChI=1S/C32H45N5O5/c1-4-20(3)28-32(42)37-17-11-10-16-27(37)31(41)34-25(15-8-6-12-22(38)5-2)29(39)35-26(30(40)36-28)18-21-19-33-24-14-9-7-13-23(21)24/h7,9,13-14,19-20,25-28,33H,4-6,8,10-12,15-18H2,1-3H3,(H,34,41)(H,35,39)(H,36,40)/t20-,25-,26?,27+,28?/m0/s1. The number of aromatic nitrogens is 1. The second-order valence-electron chi connectivity index (χ2n) is 11.7. The van der Waals surface area contributed by atoms with Crippen LogP contribution in [-0.4, -0.2) is 70.0 Å². The van der Waals surface area contributed by atoms with Gasteiger partial charge in [0.2, 0.25) is 23.6 Å². The van der Waals surface area contributed by atoms with Gasteiger partial charge >= 0.3 is 0 Å². The van der Waals surface area contributed by atoms with E-state index in [2.05, 4.69) is 20.9 Å². The maximum Gasteiger partial charge on any atom is 0.246 e. The fourth-order valence-electron chi connectivity index (χ4n) is 5.97. The molecule has 10 heteroatoms. The number of rotatable bonds is 10. The Kier molecular flexibility index (Phi) is 10.8. The molecule has 0 aliphatic carbocycles. The molecule has 2 saturated heterocycles. The van der Waals surface area contributed by atoms with E-state index in [0.29, 0.717) is 51.5 Å². The average molecular weight is 580 g/mol. The molecule has 4 amide bonds. The van der Waals surface area contributed by atoms with Crippen molar-refractivity contribution in [3.63, 3.8) is 0 Å². The normalized spacial score (nSPS) is 24.6. The number of fused-ring (bicyclic) bond motifs is 2. The van der Waals surface area contributed by atoms with Gasteiger partial charge in [-0.25, -0.2) is 0 Å². The summed E-state index contributed by atoms with van der Waals surface area (Å²) in [7, 11) is 0. The van der Waals surface area contributed by atoms with E-state index in [4.69, 9.17) is 0 Å². The van der Waals surface area contributed by atoms with Crippen LogP contribution in [0.2, 0.25) is 0 Å². The highest BCUT2D eigenvalue weighted by Crippen LogP contribution is 2.23. The zero-order valence-electron chi connectivity index (χ0n) is 25.0. The van der Waals surface area contributed by atoms with E-state index in [1.165, 1.54) is 0 Å². The Morgan fingerprint density at radius 3 is 2.45 bits per heavy atom. The molecule has 3 heterocycles. The van der Waals surface area contributed by atoms with E-state index in [-0.39, 0.29) is 29.9 Å². The third-order valence-electron chi connectivity index (χ3n) is 8.82. The number of ketones is 1. The molecule has 42 heavy (non-hydrogen) atoms. The fraction of sp³-hybridized carbons (Fsp3) is 0.594. The molecular weight excluding hydrogens is 534 g/mol. The van der Waals surface area contributed by atoms with Crippen molar-refractivity contribution in [2.24, 2.45) is 5.92 Å². The Bertz CT molecular complexity index is 1290. The van der Waals surface area contributed by atoms with Gasteiger partial charge in [0.25, 0.3) is 0 Å². The summed E-state index contributed by atoms with van der Waals surface area (Å²) >= 11 is 0. The largest absolute Gasteiger partial charge is 0.361 e. The molecule has 1 aromatic heterocycles. The summed E-state index contributed by atoms with van der Waals surface area (Å²) in [5, 5.41) is 9.75. The highest BCUT2D eigenvalue weighted by atomic mass is 16.2. The maximum absolute atomic E-state index is 13.9. The van der Waals surface area contributed by atoms with Crippen LogP contribution in [0.3, 0.4) is 0 Å². The number of nitrogens with zero attached hydrogens (tertiary/aromatic N) is 1. The Balaban J connectivity index is 1.66. The number of hydrogen-bond acceptors (Lipinski definition) is 5. The number of hydrogen-bond donors (Lipinski definition) is 4. The molecule has 2 aliphatic heterocycles. The number of unbranched alkanes of at least 4 members (excludes halogenated alkanes) is 1. The van der Waals surface area contributed by atoms with Crippen LogP contribution >= 0.6 is 0 Å². The topological polar surface area (TPSA) is 140 Å². The molecule has 228 valence electrons. The van der Waals surface area contributed by atoms with E-state index in [9.17, 15) is 24.0 Å². The van der Waals surface area contributed by atoms with E-state index >= 15 is 0 Å². The van der Waals surface area contributed by atoms with Gasteiger partial charge in [-0.15, -0.1) is 0 Å². The quantitative estimate of drug-likeness (QED) is 0.320. The predicted octanol–water partition coefficient (Wildman–Crippen LogP) is 3.15. The van der Waals surface area contributed by atoms with Crippen LogP contribution in [0.15, 0.2) is 30.5 Å². The van der Waals surface area contributed by atoms with Gasteiger partial charge in [-0.05, 0) is 49.7 Å². The van der Waals surface area contributed by atoms with Gasteiger partial charge in [-0.1, -0.05) is 51.8 Å². The first kappa shape index (κ1) is 31.3. The molecule has 0 bridgehead atoms. The Hall–Kier alpha value is -3.69. The molecule has 2 unspecified atom stereocenters. The van der Waals surface area contributed by atoms with Gasteiger partial charge in [0.05, 0.1) is 0 Å². The SMILES string of the molecule is CCC(=O)CCCC[C@@H]1NC(=O)[C@H]2CCCCN2C(=O)C([C@@H](C)CC)NC(=O)C(Cc2c[nH]c3ccccc23)NC1=O. The lowest BCUT2D eigenvalue weighted by molar-refractivity contribution is -0.147. The lowest BCUT2D eigenvalue weighted by Crippen LogP contribution is -2.64. The van der Waals surface area contributed by atoms with Crippen LogP contribution in [0, 0.1) is 5.92 Å². The summed E-state index contributed by atoms with van der Waals surface area (Å²) in [4.78, 5) is 71.8. The van der Waals surface area contributed by atoms with Gasteiger partial charge in [-0.3, -0.25) is 24.0 Å². The second kappa shape index (κ2) is 14.5. The fourth-order valence-corrected chi connectivity index (χ4v) is 5.97. The summed E-state index contributed by atoms with van der Waals surface area (Å²) in [5.74, 6) is -1.50. The van der Waals surface area contributed by atoms with Crippen molar-refractivity contribution in [3.8, 4) is 0 Å². The molecule has 2 aliphatic rings. The van der Waals surface area contributed by atoms with E-state index in [0.717, 1.165) is 29.3 Å². The van der Waals surface area contributed by atoms with Crippen molar-refractivity contribution < 1.29 is 24.0 Å². The molecule has 0 spiro atoms. The summed E-state index contributed by atoms with van der Waals surface area (Å²) < 4.78 is 0. The van der Waals surface area contributed by atoms with Crippen molar-refractivity contribution in [2.45, 2.75) is 109 Å². The van der Waals surface area contributed by atoms with Crippen molar-refractivity contribution in [1.82, 2.24) is 25.8 Å². The molecule has 2 aromatic rings. The number of carbonyl (C=O) groups is 5. The monoisotopic (exact) mass is 579 g/mol. The number of benzene rings is 1. The lowest BCUT2D eigenvalue weighted by atomic mass is 9.93. The number of H-pyrrole nitrogens is 1.